The highest BCUT2D eigenvalue weighted by Gasteiger charge is 2.38. The van der Waals surface area contributed by atoms with Crippen molar-refractivity contribution in [2.24, 2.45) is 5.92 Å². The highest BCUT2D eigenvalue weighted by Crippen LogP contribution is 2.41. The number of nitrogens with zero attached hydrogens (tertiary/aromatic N) is 1. The number of benzene rings is 3. The Hall–Kier alpha value is -3.48. The van der Waals surface area contributed by atoms with Crippen LogP contribution in [-0.2, 0) is 6.54 Å². The molecule has 2 fully saturated rings. The van der Waals surface area contributed by atoms with Gasteiger partial charge in [0.2, 0.25) is 0 Å². The van der Waals surface area contributed by atoms with Crippen LogP contribution in [0.3, 0.4) is 0 Å². The lowest BCUT2D eigenvalue weighted by atomic mass is 9.96. The SMILES string of the molecule is O=C(O)c1ccc(CN2CCC(CN[C@@H]3C[C@H]3c3ccc(NC(=O)c4ccccc4)cc3)CC2)cc1. The summed E-state index contributed by atoms with van der Waals surface area (Å²) in [6.45, 7) is 4.11. The van der Waals surface area contributed by atoms with Gasteiger partial charge in [0.15, 0.2) is 0 Å². The maximum atomic E-state index is 12.3. The molecular formula is C30H33N3O3. The molecule has 3 aromatic carbocycles. The Morgan fingerprint density at radius 1 is 0.861 bits per heavy atom. The smallest absolute Gasteiger partial charge is 0.335 e. The summed E-state index contributed by atoms with van der Waals surface area (Å²) in [5, 5.41) is 15.8. The Kier molecular flexibility index (Phi) is 7.44. The minimum absolute atomic E-state index is 0.0866. The van der Waals surface area contributed by atoms with Crippen LogP contribution in [0.1, 0.15) is 57.0 Å². The van der Waals surface area contributed by atoms with Crippen molar-refractivity contribution in [3.8, 4) is 0 Å². The van der Waals surface area contributed by atoms with E-state index in [4.69, 9.17) is 5.11 Å². The van der Waals surface area contributed by atoms with Crippen LogP contribution in [0.4, 0.5) is 5.69 Å². The summed E-state index contributed by atoms with van der Waals surface area (Å²) < 4.78 is 0. The van der Waals surface area contributed by atoms with Gasteiger partial charge in [-0.05, 0) is 92.3 Å². The first-order chi connectivity index (χ1) is 17.5. The maximum absolute atomic E-state index is 12.3. The molecule has 3 aromatic rings. The average molecular weight is 484 g/mol. The number of carbonyl (C=O) groups is 2. The molecule has 0 unspecified atom stereocenters. The lowest BCUT2D eigenvalue weighted by molar-refractivity contribution is 0.0696. The molecular weight excluding hydrogens is 450 g/mol. The topological polar surface area (TPSA) is 81.7 Å². The number of amides is 1. The molecule has 1 amide bonds. The molecule has 0 aromatic heterocycles. The molecule has 2 atom stereocenters. The first kappa shape index (κ1) is 24.2. The molecule has 6 nitrogen and oxygen atoms in total. The van der Waals surface area contributed by atoms with Crippen molar-refractivity contribution >= 4 is 17.6 Å². The summed E-state index contributed by atoms with van der Waals surface area (Å²) in [5.41, 5.74) is 4.32. The zero-order valence-corrected chi connectivity index (χ0v) is 20.4. The fourth-order valence-corrected chi connectivity index (χ4v) is 5.07. The number of carboxylic acid groups (broad SMARTS) is 1. The molecule has 0 spiro atoms. The van der Waals surface area contributed by atoms with Gasteiger partial charge in [-0.1, -0.05) is 42.5 Å². The van der Waals surface area contributed by atoms with E-state index in [1.807, 2.05) is 54.6 Å². The third kappa shape index (κ3) is 6.20. The average Bonchev–Trinajstić information content (AvgIpc) is 3.69. The van der Waals surface area contributed by atoms with E-state index in [1.54, 1.807) is 12.1 Å². The first-order valence-corrected chi connectivity index (χ1v) is 12.8. The van der Waals surface area contributed by atoms with Crippen molar-refractivity contribution < 1.29 is 14.7 Å². The van der Waals surface area contributed by atoms with Gasteiger partial charge in [-0.3, -0.25) is 9.69 Å². The van der Waals surface area contributed by atoms with Gasteiger partial charge < -0.3 is 15.7 Å². The molecule has 1 aliphatic carbocycles. The number of carbonyl (C=O) groups excluding carboxylic acids is 1. The van der Waals surface area contributed by atoms with Crippen LogP contribution in [0.15, 0.2) is 78.9 Å². The zero-order chi connectivity index (χ0) is 24.9. The highest BCUT2D eigenvalue weighted by molar-refractivity contribution is 6.04. The fourth-order valence-electron chi connectivity index (χ4n) is 5.07. The van der Waals surface area contributed by atoms with E-state index in [0.717, 1.165) is 31.9 Å². The van der Waals surface area contributed by atoms with Crippen molar-refractivity contribution in [1.29, 1.82) is 0 Å². The van der Waals surface area contributed by atoms with Crippen molar-refractivity contribution in [1.82, 2.24) is 10.2 Å². The third-order valence-corrected chi connectivity index (χ3v) is 7.41. The molecule has 1 saturated carbocycles. The van der Waals surface area contributed by atoms with Crippen LogP contribution in [0.5, 0.6) is 0 Å². The summed E-state index contributed by atoms with van der Waals surface area (Å²) in [6.07, 6.45) is 3.54. The summed E-state index contributed by atoms with van der Waals surface area (Å²) >= 11 is 0. The van der Waals surface area contributed by atoms with Crippen LogP contribution in [0, 0.1) is 5.92 Å². The molecule has 36 heavy (non-hydrogen) atoms. The largest absolute Gasteiger partial charge is 0.478 e. The van der Waals surface area contributed by atoms with Crippen LogP contribution in [0.25, 0.3) is 0 Å². The van der Waals surface area contributed by atoms with Gasteiger partial charge in [-0.15, -0.1) is 0 Å². The van der Waals surface area contributed by atoms with Gasteiger partial charge in [0.1, 0.15) is 0 Å². The molecule has 5 rings (SSSR count). The monoisotopic (exact) mass is 483 g/mol. The minimum Gasteiger partial charge on any atom is -0.478 e. The van der Waals surface area contributed by atoms with Crippen molar-refractivity contribution in [3.05, 3.63) is 101 Å². The first-order valence-electron chi connectivity index (χ1n) is 12.8. The van der Waals surface area contributed by atoms with Gasteiger partial charge in [-0.25, -0.2) is 4.79 Å². The summed E-state index contributed by atoms with van der Waals surface area (Å²) in [7, 11) is 0. The number of rotatable bonds is 9. The number of likely N-dealkylation sites (tertiary alicyclic amines) is 1. The number of nitrogens with one attached hydrogen (secondary N) is 2. The molecule has 1 saturated heterocycles. The molecule has 6 heteroatoms. The molecule has 0 bridgehead atoms. The van der Waals surface area contributed by atoms with E-state index in [1.165, 1.54) is 30.4 Å². The quantitative estimate of drug-likeness (QED) is 0.399. The summed E-state index contributed by atoms with van der Waals surface area (Å²) in [5.74, 6) is 0.291. The van der Waals surface area contributed by atoms with Crippen molar-refractivity contribution in [3.63, 3.8) is 0 Å². The number of carboxylic acids is 1. The van der Waals surface area contributed by atoms with Gasteiger partial charge in [0.25, 0.3) is 5.91 Å². The second kappa shape index (κ2) is 11.1. The lowest BCUT2D eigenvalue weighted by Gasteiger charge is -2.32. The maximum Gasteiger partial charge on any atom is 0.335 e. The third-order valence-electron chi connectivity index (χ3n) is 7.41. The number of piperidine rings is 1. The summed E-state index contributed by atoms with van der Waals surface area (Å²) in [6, 6.07) is 25.3. The van der Waals surface area contributed by atoms with E-state index in [9.17, 15) is 9.59 Å². The number of hydrogen-bond acceptors (Lipinski definition) is 4. The van der Waals surface area contributed by atoms with Gasteiger partial charge in [0, 0.05) is 29.8 Å². The van der Waals surface area contributed by atoms with Crippen LogP contribution in [-0.4, -0.2) is 47.6 Å². The highest BCUT2D eigenvalue weighted by atomic mass is 16.4. The second-order valence-corrected chi connectivity index (χ2v) is 10.0. The molecule has 0 radical (unpaired) electrons. The summed E-state index contributed by atoms with van der Waals surface area (Å²) in [4.78, 5) is 25.8. The van der Waals surface area contributed by atoms with Crippen LogP contribution in [0.2, 0.25) is 0 Å². The number of aromatic carboxylic acids is 1. The Morgan fingerprint density at radius 2 is 1.56 bits per heavy atom. The Balaban J connectivity index is 1.02. The standard InChI is InChI=1S/C30H33N3O3/c34-29(24-4-2-1-3-5-24)32-26-12-10-23(11-13-26)27-18-28(27)31-19-21-14-16-33(17-15-21)20-22-6-8-25(9-7-22)30(35)36/h1-13,21,27-28,31H,14-20H2,(H,32,34)(H,35,36)/t27-,28+/m0/s1. The van der Waals surface area contributed by atoms with Crippen LogP contribution < -0.4 is 10.6 Å². The van der Waals surface area contributed by atoms with E-state index in [0.29, 0.717) is 29.0 Å². The Bertz CT molecular complexity index is 1170. The van der Waals surface area contributed by atoms with E-state index < -0.39 is 5.97 Å². The lowest BCUT2D eigenvalue weighted by Crippen LogP contribution is -2.37. The predicted molar refractivity (Wildman–Crippen MR) is 141 cm³/mol. The van der Waals surface area contributed by atoms with E-state index in [-0.39, 0.29) is 5.91 Å². The zero-order valence-electron chi connectivity index (χ0n) is 20.4. The van der Waals surface area contributed by atoms with Gasteiger partial charge in [0.05, 0.1) is 5.56 Å². The molecule has 1 aliphatic heterocycles. The number of anilines is 1. The molecule has 186 valence electrons. The van der Waals surface area contributed by atoms with Crippen molar-refractivity contribution in [2.75, 3.05) is 25.0 Å². The van der Waals surface area contributed by atoms with E-state index >= 15 is 0 Å². The Labute approximate surface area is 212 Å². The molecule has 3 N–H and O–H groups in total. The normalized spacial score (nSPS) is 20.1. The second-order valence-electron chi connectivity index (χ2n) is 10.0. The van der Waals surface area contributed by atoms with E-state index in [2.05, 4.69) is 27.7 Å². The van der Waals surface area contributed by atoms with Gasteiger partial charge in [-0.2, -0.15) is 0 Å². The number of hydrogen-bond donors (Lipinski definition) is 3. The van der Waals surface area contributed by atoms with Crippen LogP contribution >= 0.6 is 0 Å². The molecule has 1 heterocycles. The Morgan fingerprint density at radius 3 is 2.22 bits per heavy atom. The fraction of sp³-hybridized carbons (Fsp3) is 0.333. The van der Waals surface area contributed by atoms with Crippen molar-refractivity contribution in [2.45, 2.75) is 37.8 Å². The van der Waals surface area contributed by atoms with Gasteiger partial charge >= 0.3 is 5.97 Å². The predicted octanol–water partition coefficient (Wildman–Crippen LogP) is 4.99. The minimum atomic E-state index is -0.878. The molecule has 2 aliphatic rings.